The normalized spacial score (nSPS) is 8.94. The van der Waals surface area contributed by atoms with E-state index in [0.29, 0.717) is 16.5 Å². The van der Waals surface area contributed by atoms with Crippen molar-refractivity contribution < 1.29 is 19.1 Å². The van der Waals surface area contributed by atoms with Crippen molar-refractivity contribution in [2.24, 2.45) is 0 Å². The maximum atomic E-state index is 11.5. The summed E-state index contributed by atoms with van der Waals surface area (Å²) in [6.07, 6.45) is 0. The van der Waals surface area contributed by atoms with Crippen LogP contribution in [0, 0.1) is 0 Å². The highest BCUT2D eigenvalue weighted by atomic mass is 79.9. The Morgan fingerprint density at radius 2 is 1.67 bits per heavy atom. The number of esters is 2. The lowest BCUT2D eigenvalue weighted by atomic mass is 10.1. The van der Waals surface area contributed by atoms with Gasteiger partial charge >= 0.3 is 11.9 Å². The minimum absolute atomic E-state index is 0.326. The first-order valence-electron chi connectivity index (χ1n) is 5.49. The molecule has 1 aromatic carbocycles. The van der Waals surface area contributed by atoms with Gasteiger partial charge in [0.2, 0.25) is 0 Å². The molecule has 1 rings (SSSR count). The highest BCUT2D eigenvalue weighted by molar-refractivity contribution is 9.08. The minimum atomic E-state index is -0.480. The summed E-state index contributed by atoms with van der Waals surface area (Å²) < 4.78 is 9.21. The molecule has 0 bridgehead atoms. The summed E-state index contributed by atoms with van der Waals surface area (Å²) in [6, 6.07) is 4.76. The van der Waals surface area contributed by atoms with Crippen LogP contribution in [0.25, 0.3) is 0 Å². The van der Waals surface area contributed by atoms with E-state index >= 15 is 0 Å². The van der Waals surface area contributed by atoms with E-state index in [2.05, 4.69) is 25.4 Å². The number of methoxy groups -OCH3 is 2. The molecule has 0 spiro atoms. The largest absolute Gasteiger partial charge is 0.465 e. The van der Waals surface area contributed by atoms with Crippen LogP contribution in [-0.4, -0.2) is 26.2 Å². The molecule has 0 aliphatic heterocycles. The fraction of sp³-hybridized carbons (Fsp3) is 0.385. The number of rotatable bonds is 3. The van der Waals surface area contributed by atoms with E-state index in [1.54, 1.807) is 12.1 Å². The first kappa shape index (κ1) is 16.6. The van der Waals surface area contributed by atoms with Gasteiger partial charge in [-0.05, 0) is 17.7 Å². The molecular formula is C13H17BrO4. The number of halogens is 1. The Hall–Kier alpha value is -1.36. The Balaban J connectivity index is 0.00000137. The number of carbonyl (C=O) groups is 2. The topological polar surface area (TPSA) is 52.6 Å². The predicted molar refractivity (Wildman–Crippen MR) is 73.1 cm³/mol. The number of hydrogen-bond donors (Lipinski definition) is 0. The Bertz CT molecular complexity index is 415. The summed E-state index contributed by atoms with van der Waals surface area (Å²) in [5, 5.41) is 0.513. The van der Waals surface area contributed by atoms with Crippen molar-refractivity contribution in [3.05, 3.63) is 34.9 Å². The third kappa shape index (κ3) is 4.14. The zero-order chi connectivity index (χ0) is 14.1. The van der Waals surface area contributed by atoms with Gasteiger partial charge in [0.05, 0.1) is 25.3 Å². The summed E-state index contributed by atoms with van der Waals surface area (Å²) >= 11 is 3.26. The maximum absolute atomic E-state index is 11.5. The van der Waals surface area contributed by atoms with Crippen LogP contribution in [0.1, 0.15) is 40.1 Å². The third-order valence-electron chi connectivity index (χ3n) is 2.08. The van der Waals surface area contributed by atoms with E-state index in [0.717, 1.165) is 5.56 Å². The van der Waals surface area contributed by atoms with Crippen LogP contribution in [-0.2, 0) is 14.8 Å². The summed E-state index contributed by atoms with van der Waals surface area (Å²) in [5.41, 5.74) is 1.45. The van der Waals surface area contributed by atoms with E-state index in [-0.39, 0.29) is 0 Å². The minimum Gasteiger partial charge on any atom is -0.465 e. The molecule has 0 aliphatic rings. The molecule has 0 unspecified atom stereocenters. The summed E-state index contributed by atoms with van der Waals surface area (Å²) in [6.45, 7) is 4.00. The molecule has 100 valence electrons. The lowest BCUT2D eigenvalue weighted by Crippen LogP contribution is -2.08. The molecule has 0 fully saturated rings. The smallest absolute Gasteiger partial charge is 0.338 e. The highest BCUT2D eigenvalue weighted by Gasteiger charge is 2.15. The van der Waals surface area contributed by atoms with Crippen LogP contribution in [0.3, 0.4) is 0 Å². The van der Waals surface area contributed by atoms with Crippen LogP contribution in [0.2, 0.25) is 0 Å². The van der Waals surface area contributed by atoms with Crippen LogP contribution >= 0.6 is 15.9 Å². The lowest BCUT2D eigenvalue weighted by Gasteiger charge is -2.07. The van der Waals surface area contributed by atoms with Crippen molar-refractivity contribution >= 4 is 27.9 Å². The molecule has 4 nitrogen and oxygen atoms in total. The van der Waals surface area contributed by atoms with Crippen LogP contribution in [0.5, 0.6) is 0 Å². The highest BCUT2D eigenvalue weighted by Crippen LogP contribution is 2.16. The van der Waals surface area contributed by atoms with Crippen molar-refractivity contribution in [2.75, 3.05) is 14.2 Å². The summed E-state index contributed by atoms with van der Waals surface area (Å²) in [5.74, 6) is -0.952. The van der Waals surface area contributed by atoms with E-state index in [9.17, 15) is 9.59 Å². The predicted octanol–water partition coefficient (Wildman–Crippen LogP) is 3.18. The van der Waals surface area contributed by atoms with Gasteiger partial charge in [-0.25, -0.2) is 9.59 Å². The molecule has 0 atom stereocenters. The van der Waals surface area contributed by atoms with Gasteiger partial charge in [0.25, 0.3) is 0 Å². The van der Waals surface area contributed by atoms with Gasteiger partial charge in [0, 0.05) is 5.33 Å². The number of hydrogen-bond acceptors (Lipinski definition) is 4. The van der Waals surface area contributed by atoms with Gasteiger partial charge in [-0.3, -0.25) is 0 Å². The van der Waals surface area contributed by atoms with Crippen molar-refractivity contribution in [1.29, 1.82) is 0 Å². The number of alkyl halides is 1. The van der Waals surface area contributed by atoms with Gasteiger partial charge in [0.15, 0.2) is 0 Å². The molecule has 0 saturated carbocycles. The third-order valence-corrected chi connectivity index (χ3v) is 2.68. The first-order valence-corrected chi connectivity index (χ1v) is 6.61. The lowest BCUT2D eigenvalue weighted by molar-refractivity contribution is 0.0598. The number of ether oxygens (including phenoxy) is 2. The first-order chi connectivity index (χ1) is 8.63. The van der Waals surface area contributed by atoms with Gasteiger partial charge in [0.1, 0.15) is 0 Å². The maximum Gasteiger partial charge on any atom is 0.338 e. The second kappa shape index (κ2) is 8.69. The van der Waals surface area contributed by atoms with Gasteiger partial charge in [-0.1, -0.05) is 35.8 Å². The Morgan fingerprint density at radius 3 is 2.11 bits per heavy atom. The molecule has 1 aromatic rings. The van der Waals surface area contributed by atoms with E-state index in [4.69, 9.17) is 0 Å². The second-order valence-corrected chi connectivity index (χ2v) is 3.55. The standard InChI is InChI=1S/C11H11BrO4.C2H6/c1-15-10(13)7-3-4-8(6-12)9(5-7)11(14)16-2;1-2/h3-5H,6H2,1-2H3;1-2H3. The average molecular weight is 317 g/mol. The van der Waals surface area contributed by atoms with Crippen LogP contribution in [0.15, 0.2) is 18.2 Å². The van der Waals surface area contributed by atoms with E-state index < -0.39 is 11.9 Å². The number of carbonyl (C=O) groups excluding carboxylic acids is 2. The second-order valence-electron chi connectivity index (χ2n) is 2.99. The van der Waals surface area contributed by atoms with Crippen LogP contribution < -0.4 is 0 Å². The van der Waals surface area contributed by atoms with Gasteiger partial charge < -0.3 is 9.47 Å². The SMILES string of the molecule is CC.COC(=O)c1ccc(CBr)c(C(=O)OC)c1. The van der Waals surface area contributed by atoms with Crippen molar-refractivity contribution in [3.8, 4) is 0 Å². The molecule has 0 aromatic heterocycles. The fourth-order valence-electron chi connectivity index (χ4n) is 1.24. The average Bonchev–Trinajstić information content (AvgIpc) is 2.46. The zero-order valence-corrected chi connectivity index (χ0v) is 12.5. The molecular weight excluding hydrogens is 300 g/mol. The quantitative estimate of drug-likeness (QED) is 0.635. The Labute approximate surface area is 115 Å². The van der Waals surface area contributed by atoms with Crippen LogP contribution in [0.4, 0.5) is 0 Å². The molecule has 5 heteroatoms. The van der Waals surface area contributed by atoms with E-state index in [1.807, 2.05) is 13.8 Å². The summed E-state index contributed by atoms with van der Waals surface area (Å²) in [7, 11) is 2.59. The van der Waals surface area contributed by atoms with Crippen molar-refractivity contribution in [3.63, 3.8) is 0 Å². The van der Waals surface area contributed by atoms with Gasteiger partial charge in [-0.15, -0.1) is 0 Å². The van der Waals surface area contributed by atoms with Crippen molar-refractivity contribution in [2.45, 2.75) is 19.2 Å². The number of benzene rings is 1. The molecule has 0 aliphatic carbocycles. The molecule has 0 heterocycles. The molecule has 0 saturated heterocycles. The monoisotopic (exact) mass is 316 g/mol. The Kier molecular flexibility index (Phi) is 8.03. The zero-order valence-electron chi connectivity index (χ0n) is 11.0. The molecule has 0 radical (unpaired) electrons. The van der Waals surface area contributed by atoms with E-state index in [1.165, 1.54) is 20.3 Å². The van der Waals surface area contributed by atoms with Crippen molar-refractivity contribution in [1.82, 2.24) is 0 Å². The molecule has 18 heavy (non-hydrogen) atoms. The van der Waals surface area contributed by atoms with Gasteiger partial charge in [-0.2, -0.15) is 0 Å². The molecule has 0 N–H and O–H groups in total. The summed E-state index contributed by atoms with van der Waals surface area (Å²) in [4.78, 5) is 22.8. The molecule has 0 amide bonds. The Morgan fingerprint density at radius 1 is 1.11 bits per heavy atom. The fourth-order valence-corrected chi connectivity index (χ4v) is 1.73.